The Morgan fingerprint density at radius 1 is 1.18 bits per heavy atom. The summed E-state index contributed by atoms with van der Waals surface area (Å²) in [6, 6.07) is 0.633. The minimum Gasteiger partial charge on any atom is -0.389 e. The van der Waals surface area contributed by atoms with Crippen molar-refractivity contribution in [2.24, 2.45) is 11.3 Å². The smallest absolute Gasteiger partial charge is 0.0771 e. The van der Waals surface area contributed by atoms with Crippen molar-refractivity contribution < 1.29 is 9.84 Å². The Morgan fingerprint density at radius 2 is 1.94 bits per heavy atom. The van der Waals surface area contributed by atoms with Crippen LogP contribution >= 0.6 is 0 Å². The topological polar surface area (TPSA) is 41.5 Å². The van der Waals surface area contributed by atoms with E-state index in [2.05, 4.69) is 5.32 Å². The van der Waals surface area contributed by atoms with E-state index in [0.29, 0.717) is 17.6 Å². The van der Waals surface area contributed by atoms with Crippen LogP contribution in [0.5, 0.6) is 0 Å². The van der Waals surface area contributed by atoms with E-state index in [0.717, 1.165) is 31.9 Å². The monoisotopic (exact) mass is 237 g/mol. The molecular formula is C14H23NO2. The Labute approximate surface area is 103 Å². The van der Waals surface area contributed by atoms with Gasteiger partial charge >= 0.3 is 0 Å². The van der Waals surface area contributed by atoms with E-state index in [9.17, 15) is 5.11 Å². The van der Waals surface area contributed by atoms with Crippen molar-refractivity contribution in [1.29, 1.82) is 0 Å². The third kappa shape index (κ3) is 1.33. The molecule has 0 bridgehead atoms. The number of ether oxygens (including phenoxy) is 1. The van der Waals surface area contributed by atoms with Crippen LogP contribution in [0.3, 0.4) is 0 Å². The molecule has 96 valence electrons. The Balaban J connectivity index is 1.42. The molecule has 0 aromatic carbocycles. The summed E-state index contributed by atoms with van der Waals surface area (Å²) in [4.78, 5) is 0. The molecule has 4 fully saturated rings. The van der Waals surface area contributed by atoms with E-state index in [4.69, 9.17) is 4.74 Å². The number of hydrogen-bond donors (Lipinski definition) is 2. The van der Waals surface area contributed by atoms with Gasteiger partial charge in [0.15, 0.2) is 0 Å². The second-order valence-corrected chi connectivity index (χ2v) is 6.77. The zero-order chi connectivity index (χ0) is 11.5. The van der Waals surface area contributed by atoms with Gasteiger partial charge in [0.05, 0.1) is 11.7 Å². The van der Waals surface area contributed by atoms with Crippen molar-refractivity contribution in [1.82, 2.24) is 5.32 Å². The number of rotatable bonds is 3. The molecule has 3 aliphatic carbocycles. The summed E-state index contributed by atoms with van der Waals surface area (Å²) >= 11 is 0. The number of hydrogen-bond acceptors (Lipinski definition) is 3. The fraction of sp³-hybridized carbons (Fsp3) is 1.00. The van der Waals surface area contributed by atoms with Crippen LogP contribution in [-0.4, -0.2) is 36.0 Å². The highest BCUT2D eigenvalue weighted by Crippen LogP contribution is 2.62. The van der Waals surface area contributed by atoms with E-state index >= 15 is 0 Å². The molecule has 0 amide bonds. The summed E-state index contributed by atoms with van der Waals surface area (Å²) in [5.41, 5.74) is 0.0801. The molecular weight excluding hydrogens is 214 g/mol. The SMILES string of the molecule is OC1(CNC2C3CCOC3C23CCC3)CCC1. The minimum atomic E-state index is -0.379. The molecule has 3 saturated carbocycles. The van der Waals surface area contributed by atoms with Crippen molar-refractivity contribution >= 4 is 0 Å². The highest BCUT2D eigenvalue weighted by molar-refractivity contribution is 5.18. The van der Waals surface area contributed by atoms with Gasteiger partial charge in [0, 0.05) is 30.5 Å². The van der Waals surface area contributed by atoms with E-state index in [1.807, 2.05) is 0 Å². The molecule has 3 atom stereocenters. The molecule has 17 heavy (non-hydrogen) atoms. The van der Waals surface area contributed by atoms with Crippen LogP contribution in [0.4, 0.5) is 0 Å². The first-order valence-corrected chi connectivity index (χ1v) is 7.31. The van der Waals surface area contributed by atoms with E-state index in [1.165, 1.54) is 32.1 Å². The Kier molecular flexibility index (Phi) is 2.19. The van der Waals surface area contributed by atoms with Gasteiger partial charge in [-0.3, -0.25) is 0 Å². The molecule has 0 aromatic heterocycles. The second-order valence-electron chi connectivity index (χ2n) is 6.77. The summed E-state index contributed by atoms with van der Waals surface area (Å²) in [6.07, 6.45) is 8.99. The van der Waals surface area contributed by atoms with Gasteiger partial charge < -0.3 is 15.2 Å². The first-order valence-electron chi connectivity index (χ1n) is 7.31. The maximum atomic E-state index is 10.2. The molecule has 1 spiro atoms. The predicted molar refractivity (Wildman–Crippen MR) is 64.7 cm³/mol. The van der Waals surface area contributed by atoms with E-state index < -0.39 is 0 Å². The van der Waals surface area contributed by atoms with Gasteiger partial charge in [-0.05, 0) is 38.5 Å². The quantitative estimate of drug-likeness (QED) is 0.780. The molecule has 4 rings (SSSR count). The van der Waals surface area contributed by atoms with Gasteiger partial charge in [0.2, 0.25) is 0 Å². The number of fused-ring (bicyclic) bond motifs is 2. The average molecular weight is 237 g/mol. The summed E-state index contributed by atoms with van der Waals surface area (Å²) in [5.74, 6) is 0.735. The lowest BCUT2D eigenvalue weighted by atomic mass is 9.46. The highest BCUT2D eigenvalue weighted by Gasteiger charge is 2.66. The van der Waals surface area contributed by atoms with Crippen LogP contribution in [0.2, 0.25) is 0 Å². The molecule has 4 aliphatic rings. The zero-order valence-corrected chi connectivity index (χ0v) is 10.5. The predicted octanol–water partition coefficient (Wildman–Crippen LogP) is 1.45. The second kappa shape index (κ2) is 3.46. The van der Waals surface area contributed by atoms with Crippen LogP contribution in [-0.2, 0) is 4.74 Å². The summed E-state index contributed by atoms with van der Waals surface area (Å²) in [7, 11) is 0. The van der Waals surface area contributed by atoms with Gasteiger partial charge in [0.1, 0.15) is 0 Å². The molecule has 2 N–H and O–H groups in total. The van der Waals surface area contributed by atoms with Gasteiger partial charge in [-0.2, -0.15) is 0 Å². The van der Waals surface area contributed by atoms with E-state index in [1.54, 1.807) is 0 Å². The Bertz CT molecular complexity index is 322. The third-order valence-electron chi connectivity index (χ3n) is 5.97. The molecule has 0 aromatic rings. The van der Waals surface area contributed by atoms with Gasteiger partial charge in [-0.15, -0.1) is 0 Å². The molecule has 1 saturated heterocycles. The zero-order valence-electron chi connectivity index (χ0n) is 10.5. The fourth-order valence-corrected chi connectivity index (χ4v) is 4.62. The molecule has 3 heteroatoms. The average Bonchev–Trinajstić information content (AvgIpc) is 2.59. The fourth-order valence-electron chi connectivity index (χ4n) is 4.62. The van der Waals surface area contributed by atoms with Crippen molar-refractivity contribution in [2.75, 3.05) is 13.2 Å². The Hall–Kier alpha value is -0.120. The summed E-state index contributed by atoms with van der Waals surface area (Å²) in [5, 5.41) is 13.9. The van der Waals surface area contributed by atoms with Crippen LogP contribution in [0.15, 0.2) is 0 Å². The first kappa shape index (κ1) is 10.8. The third-order valence-corrected chi connectivity index (χ3v) is 5.97. The Morgan fingerprint density at radius 3 is 2.53 bits per heavy atom. The highest BCUT2D eigenvalue weighted by atomic mass is 16.5. The van der Waals surface area contributed by atoms with Crippen molar-refractivity contribution in [3.8, 4) is 0 Å². The number of nitrogens with one attached hydrogen (secondary N) is 1. The van der Waals surface area contributed by atoms with Crippen LogP contribution in [0.25, 0.3) is 0 Å². The van der Waals surface area contributed by atoms with Crippen molar-refractivity contribution in [3.63, 3.8) is 0 Å². The van der Waals surface area contributed by atoms with Crippen molar-refractivity contribution in [3.05, 3.63) is 0 Å². The maximum Gasteiger partial charge on any atom is 0.0771 e. The lowest BCUT2D eigenvalue weighted by Gasteiger charge is -2.64. The van der Waals surface area contributed by atoms with Crippen LogP contribution in [0.1, 0.15) is 44.9 Å². The standard InChI is InChI=1S/C14H23NO2/c16-13(4-1-5-13)9-15-11-10-3-8-17-12(10)14(11)6-2-7-14/h10-12,15-16H,1-9H2. The summed E-state index contributed by atoms with van der Waals surface area (Å²) < 4.78 is 5.91. The minimum absolute atomic E-state index is 0.379. The molecule has 0 radical (unpaired) electrons. The largest absolute Gasteiger partial charge is 0.389 e. The van der Waals surface area contributed by atoms with Crippen LogP contribution < -0.4 is 5.32 Å². The lowest BCUT2D eigenvalue weighted by Crippen LogP contribution is -2.72. The normalized spacial score (nSPS) is 44.6. The van der Waals surface area contributed by atoms with Crippen LogP contribution in [0, 0.1) is 11.3 Å². The lowest BCUT2D eigenvalue weighted by molar-refractivity contribution is -0.180. The maximum absolute atomic E-state index is 10.2. The first-order chi connectivity index (χ1) is 8.24. The van der Waals surface area contributed by atoms with Gasteiger partial charge in [-0.25, -0.2) is 0 Å². The molecule has 1 heterocycles. The molecule has 3 nitrogen and oxygen atoms in total. The van der Waals surface area contributed by atoms with Crippen molar-refractivity contribution in [2.45, 2.75) is 62.7 Å². The molecule has 1 aliphatic heterocycles. The summed E-state index contributed by atoms with van der Waals surface area (Å²) in [6.45, 7) is 1.77. The van der Waals surface area contributed by atoms with Gasteiger partial charge in [0.25, 0.3) is 0 Å². The molecule has 3 unspecified atom stereocenters. The van der Waals surface area contributed by atoms with Gasteiger partial charge in [-0.1, -0.05) is 6.42 Å². The number of aliphatic hydroxyl groups is 1. The van der Waals surface area contributed by atoms with E-state index in [-0.39, 0.29) is 5.60 Å².